The van der Waals surface area contributed by atoms with Gasteiger partial charge in [0.05, 0.1) is 0 Å². The maximum atomic E-state index is 12.3. The zero-order valence-electron chi connectivity index (χ0n) is 12.7. The van der Waals surface area contributed by atoms with Crippen molar-refractivity contribution in [3.8, 4) is 0 Å². The number of rotatable bonds is 7. The summed E-state index contributed by atoms with van der Waals surface area (Å²) in [6.45, 7) is 1.88. The average molecular weight is 376 g/mol. The van der Waals surface area contributed by atoms with Crippen LogP contribution in [0.5, 0.6) is 0 Å². The van der Waals surface area contributed by atoms with Crippen molar-refractivity contribution >= 4 is 27.7 Å². The number of benzene rings is 2. The molecule has 2 aromatic carbocycles. The maximum absolute atomic E-state index is 12.3. The summed E-state index contributed by atoms with van der Waals surface area (Å²) in [5.74, 6) is -1.23. The van der Waals surface area contributed by atoms with Crippen LogP contribution < -0.4 is 5.32 Å². The molecule has 0 fully saturated rings. The molecule has 23 heavy (non-hydrogen) atoms. The molecule has 4 nitrogen and oxygen atoms in total. The largest absolute Gasteiger partial charge is 0.480 e. The lowest BCUT2D eigenvalue weighted by molar-refractivity contribution is -0.139. The third kappa shape index (κ3) is 5.01. The molecule has 0 radical (unpaired) electrons. The van der Waals surface area contributed by atoms with Crippen molar-refractivity contribution in [2.24, 2.45) is 0 Å². The van der Waals surface area contributed by atoms with Crippen LogP contribution in [-0.2, 0) is 4.79 Å². The standard InChI is InChI=1S/C18H18BrNO3/c1-12(13-5-3-2-4-6-13)20-16(18(22)23)11-17(21)14-7-9-15(19)10-8-14/h2-10,12,16,20H,11H2,1H3,(H,22,23). The zero-order chi connectivity index (χ0) is 16.8. The molecular formula is C18H18BrNO3. The Kier molecular flexibility index (Phi) is 6.07. The lowest BCUT2D eigenvalue weighted by Crippen LogP contribution is -2.40. The van der Waals surface area contributed by atoms with Crippen LogP contribution in [0, 0.1) is 0 Å². The molecule has 5 heteroatoms. The second-order valence-electron chi connectivity index (χ2n) is 5.32. The summed E-state index contributed by atoms with van der Waals surface area (Å²) in [5.41, 5.74) is 1.49. The fourth-order valence-corrected chi connectivity index (χ4v) is 2.56. The highest BCUT2D eigenvalue weighted by atomic mass is 79.9. The van der Waals surface area contributed by atoms with Gasteiger partial charge in [-0.2, -0.15) is 0 Å². The van der Waals surface area contributed by atoms with Crippen LogP contribution in [0.15, 0.2) is 59.1 Å². The molecule has 2 aromatic rings. The van der Waals surface area contributed by atoms with E-state index in [0.717, 1.165) is 10.0 Å². The van der Waals surface area contributed by atoms with Crippen molar-refractivity contribution in [2.75, 3.05) is 0 Å². The summed E-state index contributed by atoms with van der Waals surface area (Å²) >= 11 is 3.31. The van der Waals surface area contributed by atoms with Crippen LogP contribution in [0.2, 0.25) is 0 Å². The zero-order valence-corrected chi connectivity index (χ0v) is 14.3. The van der Waals surface area contributed by atoms with Crippen molar-refractivity contribution in [3.05, 3.63) is 70.2 Å². The van der Waals surface area contributed by atoms with Crippen LogP contribution in [-0.4, -0.2) is 22.9 Å². The number of carbonyl (C=O) groups excluding carboxylic acids is 1. The topological polar surface area (TPSA) is 66.4 Å². The molecule has 0 saturated heterocycles. The van der Waals surface area contributed by atoms with Crippen LogP contribution in [0.3, 0.4) is 0 Å². The Morgan fingerprint density at radius 3 is 2.26 bits per heavy atom. The molecule has 0 aliphatic rings. The van der Waals surface area contributed by atoms with Crippen molar-refractivity contribution in [1.29, 1.82) is 0 Å². The summed E-state index contributed by atoms with van der Waals surface area (Å²) in [6, 6.07) is 15.4. The lowest BCUT2D eigenvalue weighted by atomic mass is 10.0. The van der Waals surface area contributed by atoms with Gasteiger partial charge < -0.3 is 5.11 Å². The van der Waals surface area contributed by atoms with E-state index in [-0.39, 0.29) is 18.2 Å². The van der Waals surface area contributed by atoms with Gasteiger partial charge in [0, 0.05) is 22.5 Å². The molecule has 2 unspecified atom stereocenters. The van der Waals surface area contributed by atoms with Gasteiger partial charge in [0.1, 0.15) is 6.04 Å². The molecule has 0 aliphatic carbocycles. The number of ketones is 1. The second-order valence-corrected chi connectivity index (χ2v) is 6.24. The van der Waals surface area contributed by atoms with Crippen LogP contribution in [0.4, 0.5) is 0 Å². The lowest BCUT2D eigenvalue weighted by Gasteiger charge is -2.20. The number of hydrogen-bond acceptors (Lipinski definition) is 3. The Morgan fingerprint density at radius 2 is 1.70 bits per heavy atom. The number of nitrogens with one attached hydrogen (secondary N) is 1. The molecule has 0 spiro atoms. The molecule has 0 aliphatic heterocycles. The quantitative estimate of drug-likeness (QED) is 0.721. The normalized spacial score (nSPS) is 13.3. The Morgan fingerprint density at radius 1 is 1.09 bits per heavy atom. The van der Waals surface area contributed by atoms with Crippen molar-refractivity contribution in [2.45, 2.75) is 25.4 Å². The minimum atomic E-state index is -1.03. The summed E-state index contributed by atoms with van der Waals surface area (Å²) < 4.78 is 0.875. The first kappa shape index (κ1) is 17.4. The molecule has 120 valence electrons. The van der Waals surface area contributed by atoms with Gasteiger partial charge in [0.15, 0.2) is 5.78 Å². The van der Waals surface area contributed by atoms with E-state index in [0.29, 0.717) is 5.56 Å². The van der Waals surface area contributed by atoms with Crippen LogP contribution in [0.1, 0.15) is 35.3 Å². The van der Waals surface area contributed by atoms with Crippen LogP contribution >= 0.6 is 15.9 Å². The molecule has 0 amide bonds. The first-order valence-corrected chi connectivity index (χ1v) is 8.09. The van der Waals surface area contributed by atoms with Gasteiger partial charge in [-0.3, -0.25) is 14.9 Å². The molecule has 0 heterocycles. The number of carboxylic acids is 1. The van der Waals surface area contributed by atoms with Crippen LogP contribution in [0.25, 0.3) is 0 Å². The minimum Gasteiger partial charge on any atom is -0.480 e. The number of hydrogen-bond donors (Lipinski definition) is 2. The van der Waals surface area contributed by atoms with E-state index in [4.69, 9.17) is 0 Å². The monoisotopic (exact) mass is 375 g/mol. The predicted octanol–water partition coefficient (Wildman–Crippen LogP) is 3.83. The van der Waals surface area contributed by atoms with E-state index in [2.05, 4.69) is 21.2 Å². The van der Waals surface area contributed by atoms with Crippen molar-refractivity contribution in [1.82, 2.24) is 5.32 Å². The Balaban J connectivity index is 2.05. The molecule has 0 aromatic heterocycles. The van der Waals surface area contributed by atoms with Gasteiger partial charge in [-0.15, -0.1) is 0 Å². The van der Waals surface area contributed by atoms with Crippen molar-refractivity contribution < 1.29 is 14.7 Å². The van der Waals surface area contributed by atoms with E-state index < -0.39 is 12.0 Å². The summed E-state index contributed by atoms with van der Waals surface area (Å²) in [6.07, 6.45) is -0.0891. The summed E-state index contributed by atoms with van der Waals surface area (Å²) in [4.78, 5) is 23.7. The maximum Gasteiger partial charge on any atom is 0.321 e. The SMILES string of the molecule is CC(NC(CC(=O)c1ccc(Br)cc1)C(=O)O)c1ccccc1. The van der Waals surface area contributed by atoms with Crippen molar-refractivity contribution in [3.63, 3.8) is 0 Å². The highest BCUT2D eigenvalue weighted by Gasteiger charge is 2.24. The predicted molar refractivity (Wildman–Crippen MR) is 92.5 cm³/mol. The van der Waals surface area contributed by atoms with E-state index in [1.807, 2.05) is 37.3 Å². The number of carboxylic acid groups (broad SMARTS) is 1. The summed E-state index contributed by atoms with van der Waals surface area (Å²) in [5, 5.41) is 12.4. The van der Waals surface area contributed by atoms with Gasteiger partial charge in [-0.1, -0.05) is 58.4 Å². The molecular weight excluding hydrogens is 358 g/mol. The molecule has 2 rings (SSSR count). The van der Waals surface area contributed by atoms with E-state index in [1.54, 1.807) is 24.3 Å². The third-order valence-electron chi connectivity index (χ3n) is 3.60. The smallest absolute Gasteiger partial charge is 0.321 e. The first-order valence-electron chi connectivity index (χ1n) is 7.30. The number of halogens is 1. The van der Waals surface area contributed by atoms with Gasteiger partial charge in [-0.25, -0.2) is 0 Å². The third-order valence-corrected chi connectivity index (χ3v) is 4.13. The number of carbonyl (C=O) groups is 2. The number of aliphatic carboxylic acids is 1. The average Bonchev–Trinajstić information content (AvgIpc) is 2.55. The number of Topliss-reactive ketones (excluding diaryl/α,β-unsaturated/α-hetero) is 1. The Bertz CT molecular complexity index is 670. The highest BCUT2D eigenvalue weighted by Crippen LogP contribution is 2.16. The molecule has 0 saturated carbocycles. The minimum absolute atomic E-state index is 0.0891. The second kappa shape index (κ2) is 8.04. The summed E-state index contributed by atoms with van der Waals surface area (Å²) in [7, 11) is 0. The van der Waals surface area contributed by atoms with E-state index >= 15 is 0 Å². The first-order chi connectivity index (χ1) is 11.0. The Labute approximate surface area is 143 Å². The molecule has 2 atom stereocenters. The van der Waals surface area contributed by atoms with Gasteiger partial charge in [-0.05, 0) is 24.6 Å². The van der Waals surface area contributed by atoms with E-state index in [9.17, 15) is 14.7 Å². The van der Waals surface area contributed by atoms with Gasteiger partial charge in [0.2, 0.25) is 0 Å². The molecule has 2 N–H and O–H groups in total. The fraction of sp³-hybridized carbons (Fsp3) is 0.222. The Hall–Kier alpha value is -1.98. The van der Waals surface area contributed by atoms with E-state index in [1.165, 1.54) is 0 Å². The fourth-order valence-electron chi connectivity index (χ4n) is 2.30. The van der Waals surface area contributed by atoms with Gasteiger partial charge >= 0.3 is 5.97 Å². The van der Waals surface area contributed by atoms with Gasteiger partial charge in [0.25, 0.3) is 0 Å². The molecule has 0 bridgehead atoms. The highest BCUT2D eigenvalue weighted by molar-refractivity contribution is 9.10.